The normalized spacial score (nSPS) is 11.5. The summed E-state index contributed by atoms with van der Waals surface area (Å²) in [5, 5.41) is 4.27. The lowest BCUT2D eigenvalue weighted by atomic mass is 10.1. The molecule has 0 radical (unpaired) electrons. The van der Waals surface area contributed by atoms with Gasteiger partial charge in [0, 0.05) is 34.7 Å². The fourth-order valence-electron chi connectivity index (χ4n) is 2.89. The van der Waals surface area contributed by atoms with Crippen molar-refractivity contribution in [3.8, 4) is 11.4 Å². The lowest BCUT2D eigenvalue weighted by Gasteiger charge is -2.02. The first-order valence-corrected chi connectivity index (χ1v) is 7.36. The van der Waals surface area contributed by atoms with Gasteiger partial charge in [0.2, 0.25) is 0 Å². The highest BCUT2D eigenvalue weighted by atomic mass is 16.3. The third kappa shape index (κ3) is 1.89. The van der Waals surface area contributed by atoms with Crippen molar-refractivity contribution in [2.75, 3.05) is 0 Å². The molecule has 5 aromatic rings. The van der Waals surface area contributed by atoms with Gasteiger partial charge in [0.15, 0.2) is 5.58 Å². The Bertz CT molecular complexity index is 1180. The Morgan fingerprint density at radius 3 is 2.48 bits per heavy atom. The first kappa shape index (κ1) is 12.3. The summed E-state index contributed by atoms with van der Waals surface area (Å²) < 4.78 is 5.79. The number of pyridine rings is 3. The third-order valence-corrected chi connectivity index (χ3v) is 4.05. The highest BCUT2D eigenvalue weighted by molar-refractivity contribution is 6.05. The van der Waals surface area contributed by atoms with Crippen molar-refractivity contribution in [3.05, 3.63) is 67.3 Å². The summed E-state index contributed by atoms with van der Waals surface area (Å²) in [5.74, 6) is 0. The maximum absolute atomic E-state index is 5.79. The Kier molecular flexibility index (Phi) is 2.46. The number of hydrogen-bond donors (Lipinski definition) is 0. The van der Waals surface area contributed by atoms with Crippen molar-refractivity contribution in [1.29, 1.82) is 0 Å². The zero-order valence-corrected chi connectivity index (χ0v) is 12.1. The molecular weight excluding hydrogens is 286 g/mol. The summed E-state index contributed by atoms with van der Waals surface area (Å²) in [4.78, 5) is 13.2. The van der Waals surface area contributed by atoms with Gasteiger partial charge in [-0.05, 0) is 23.6 Å². The second kappa shape index (κ2) is 4.61. The minimum atomic E-state index is 0.762. The summed E-state index contributed by atoms with van der Waals surface area (Å²) in [6.07, 6.45) is 7.18. The van der Waals surface area contributed by atoms with E-state index in [2.05, 4.69) is 33.2 Å². The molecule has 0 amide bonds. The Hall–Kier alpha value is -3.27. The van der Waals surface area contributed by atoms with Crippen molar-refractivity contribution in [3.63, 3.8) is 0 Å². The lowest BCUT2D eigenvalue weighted by Crippen LogP contribution is -1.87. The highest BCUT2D eigenvalue weighted by Crippen LogP contribution is 2.30. The third-order valence-electron chi connectivity index (χ3n) is 4.05. The van der Waals surface area contributed by atoms with Crippen LogP contribution in [0.5, 0.6) is 0 Å². The smallest absolute Gasteiger partial charge is 0.153 e. The zero-order valence-electron chi connectivity index (χ0n) is 12.1. The van der Waals surface area contributed by atoms with Crippen molar-refractivity contribution in [2.45, 2.75) is 0 Å². The van der Waals surface area contributed by atoms with Gasteiger partial charge in [0.25, 0.3) is 0 Å². The van der Waals surface area contributed by atoms with Crippen LogP contribution in [0.3, 0.4) is 0 Å². The van der Waals surface area contributed by atoms with Crippen LogP contribution in [0.25, 0.3) is 44.1 Å². The van der Waals surface area contributed by atoms with Gasteiger partial charge in [0.1, 0.15) is 5.58 Å². The Labute approximate surface area is 131 Å². The molecule has 4 aromatic heterocycles. The molecule has 108 valence electrons. The van der Waals surface area contributed by atoms with Gasteiger partial charge >= 0.3 is 0 Å². The van der Waals surface area contributed by atoms with E-state index in [0.717, 1.165) is 44.1 Å². The molecule has 5 rings (SSSR count). The predicted molar refractivity (Wildman–Crippen MR) is 90.0 cm³/mol. The minimum Gasteiger partial charge on any atom is -0.454 e. The molecule has 0 fully saturated rings. The Morgan fingerprint density at radius 2 is 1.52 bits per heavy atom. The van der Waals surface area contributed by atoms with E-state index < -0.39 is 0 Å². The van der Waals surface area contributed by atoms with E-state index in [0.29, 0.717) is 0 Å². The van der Waals surface area contributed by atoms with Crippen LogP contribution in [0.2, 0.25) is 0 Å². The molecule has 0 N–H and O–H groups in total. The molecule has 0 unspecified atom stereocenters. The van der Waals surface area contributed by atoms with E-state index in [1.807, 2.05) is 36.7 Å². The molecule has 0 aliphatic carbocycles. The van der Waals surface area contributed by atoms with Gasteiger partial charge < -0.3 is 4.42 Å². The number of nitrogens with zero attached hydrogens (tertiary/aromatic N) is 3. The molecular formula is C19H11N3O. The average Bonchev–Trinajstić information content (AvgIpc) is 2.99. The molecule has 0 aliphatic rings. The van der Waals surface area contributed by atoms with E-state index in [-0.39, 0.29) is 0 Å². The van der Waals surface area contributed by atoms with Crippen LogP contribution >= 0.6 is 0 Å². The quantitative estimate of drug-likeness (QED) is 0.454. The van der Waals surface area contributed by atoms with E-state index in [9.17, 15) is 0 Å². The van der Waals surface area contributed by atoms with Crippen molar-refractivity contribution < 1.29 is 4.42 Å². The van der Waals surface area contributed by atoms with E-state index >= 15 is 0 Å². The van der Waals surface area contributed by atoms with E-state index in [1.165, 1.54) is 0 Å². The molecule has 0 aliphatic heterocycles. The van der Waals surface area contributed by atoms with Crippen LogP contribution in [-0.4, -0.2) is 15.0 Å². The maximum atomic E-state index is 5.79. The van der Waals surface area contributed by atoms with Gasteiger partial charge in [-0.3, -0.25) is 15.0 Å². The maximum Gasteiger partial charge on any atom is 0.153 e. The molecule has 0 spiro atoms. The number of benzene rings is 1. The molecule has 23 heavy (non-hydrogen) atoms. The highest BCUT2D eigenvalue weighted by Gasteiger charge is 2.10. The molecule has 0 saturated carbocycles. The largest absolute Gasteiger partial charge is 0.454 e. The van der Waals surface area contributed by atoms with Gasteiger partial charge in [-0.1, -0.05) is 24.3 Å². The monoisotopic (exact) mass is 297 g/mol. The van der Waals surface area contributed by atoms with Crippen LogP contribution in [-0.2, 0) is 0 Å². The molecule has 0 saturated heterocycles. The Balaban J connectivity index is 1.76. The first-order chi connectivity index (χ1) is 11.4. The van der Waals surface area contributed by atoms with Crippen molar-refractivity contribution >= 4 is 32.7 Å². The van der Waals surface area contributed by atoms with Crippen molar-refractivity contribution in [1.82, 2.24) is 15.0 Å². The number of furan rings is 1. The molecule has 1 aromatic carbocycles. The summed E-state index contributed by atoms with van der Waals surface area (Å²) in [5.41, 5.74) is 3.26. The molecule has 4 nitrogen and oxygen atoms in total. The molecule has 0 atom stereocenters. The molecule has 4 heteroatoms. The summed E-state index contributed by atoms with van der Waals surface area (Å²) in [6, 6.07) is 14.1. The number of rotatable bonds is 1. The number of hydrogen-bond acceptors (Lipinski definition) is 4. The van der Waals surface area contributed by atoms with Crippen LogP contribution < -0.4 is 0 Å². The van der Waals surface area contributed by atoms with Crippen LogP contribution in [0.15, 0.2) is 71.7 Å². The predicted octanol–water partition coefficient (Wildman–Crippen LogP) is 4.59. The summed E-state index contributed by atoms with van der Waals surface area (Å²) >= 11 is 0. The van der Waals surface area contributed by atoms with Crippen LogP contribution in [0, 0.1) is 0 Å². The first-order valence-electron chi connectivity index (χ1n) is 7.36. The standard InChI is InChI=1S/C19H11N3O/c1-2-4-13-9-21-16(7-12(13)3-1)17-8-14-15-10-20-6-5-18(15)23-19(14)11-22-17/h1-11H. The van der Waals surface area contributed by atoms with Gasteiger partial charge in [0.05, 0.1) is 17.6 Å². The fourth-order valence-corrected chi connectivity index (χ4v) is 2.89. The van der Waals surface area contributed by atoms with Gasteiger partial charge in [-0.2, -0.15) is 0 Å². The van der Waals surface area contributed by atoms with Gasteiger partial charge in [-0.15, -0.1) is 0 Å². The van der Waals surface area contributed by atoms with E-state index in [1.54, 1.807) is 12.4 Å². The lowest BCUT2D eigenvalue weighted by molar-refractivity contribution is 0.666. The average molecular weight is 297 g/mol. The number of aromatic nitrogens is 3. The fraction of sp³-hybridized carbons (Fsp3) is 0. The second-order valence-electron chi connectivity index (χ2n) is 5.46. The summed E-state index contributed by atoms with van der Waals surface area (Å²) in [6.45, 7) is 0. The SMILES string of the molecule is c1ccc2cc(-c3cc4c(cn3)oc3ccncc34)ncc2c1. The molecule has 0 bridgehead atoms. The molecule has 4 heterocycles. The van der Waals surface area contributed by atoms with Crippen molar-refractivity contribution in [2.24, 2.45) is 0 Å². The van der Waals surface area contributed by atoms with Crippen LogP contribution in [0.1, 0.15) is 0 Å². The summed E-state index contributed by atoms with van der Waals surface area (Å²) in [7, 11) is 0. The minimum absolute atomic E-state index is 0.762. The number of fused-ring (bicyclic) bond motifs is 4. The van der Waals surface area contributed by atoms with Gasteiger partial charge in [-0.25, -0.2) is 0 Å². The van der Waals surface area contributed by atoms with E-state index in [4.69, 9.17) is 4.42 Å². The topological polar surface area (TPSA) is 51.8 Å². The zero-order chi connectivity index (χ0) is 15.2. The Morgan fingerprint density at radius 1 is 0.696 bits per heavy atom. The van der Waals surface area contributed by atoms with Crippen LogP contribution in [0.4, 0.5) is 0 Å². The second-order valence-corrected chi connectivity index (χ2v) is 5.46.